The van der Waals surface area contributed by atoms with E-state index in [0.29, 0.717) is 5.56 Å². The molecule has 1 amide bonds. The number of carbonyl (C=O) groups is 1. The van der Waals surface area contributed by atoms with Gasteiger partial charge < -0.3 is 5.32 Å². The molecule has 0 aromatic carbocycles. The van der Waals surface area contributed by atoms with Crippen LogP contribution in [0, 0.1) is 13.1 Å². The van der Waals surface area contributed by atoms with Gasteiger partial charge in [-0.3, -0.25) is 9.78 Å². The molecule has 1 heterocycles. The maximum Gasteiger partial charge on any atom is 0.253 e. The number of carbonyl (C=O) groups excluding carboxylic acids is 1. The molecule has 1 N–H and O–H groups in total. The van der Waals surface area contributed by atoms with E-state index in [1.54, 1.807) is 6.07 Å². The summed E-state index contributed by atoms with van der Waals surface area (Å²) in [6.07, 6.45) is 4.23. The molecule has 0 saturated carbocycles. The zero-order valence-electron chi connectivity index (χ0n) is 9.01. The predicted octanol–water partition coefficient (Wildman–Crippen LogP) is 1.72. The highest BCUT2D eigenvalue weighted by Crippen LogP contribution is 2.07. The largest absolute Gasteiger partial charge is 0.347 e. The van der Waals surface area contributed by atoms with Crippen LogP contribution in [0.25, 0.3) is 0 Å². The summed E-state index contributed by atoms with van der Waals surface area (Å²) in [5.74, 6) is -0.0866. The van der Waals surface area contributed by atoms with Crippen LogP contribution in [0.5, 0.6) is 0 Å². The van der Waals surface area contributed by atoms with E-state index in [-0.39, 0.29) is 11.4 Å². The van der Waals surface area contributed by atoms with E-state index < -0.39 is 0 Å². The lowest BCUT2D eigenvalue weighted by Crippen LogP contribution is -2.40. The first kappa shape index (κ1) is 10.7. The Kier molecular flexibility index (Phi) is 2.89. The summed E-state index contributed by atoms with van der Waals surface area (Å²) in [5.41, 5.74) is 1.28. The second kappa shape index (κ2) is 3.78. The number of amides is 1. The molecule has 1 aromatic heterocycles. The Morgan fingerprint density at radius 1 is 1.50 bits per heavy atom. The molecule has 0 fully saturated rings. The Morgan fingerprint density at radius 3 is 2.64 bits per heavy atom. The van der Waals surface area contributed by atoms with Gasteiger partial charge in [0.1, 0.15) is 0 Å². The summed E-state index contributed by atoms with van der Waals surface area (Å²) < 4.78 is 0. The third kappa shape index (κ3) is 2.83. The van der Waals surface area contributed by atoms with Gasteiger partial charge in [-0.05, 0) is 39.3 Å². The summed E-state index contributed by atoms with van der Waals surface area (Å²) in [7, 11) is 0. The number of aromatic nitrogens is 1. The highest BCUT2D eigenvalue weighted by Gasteiger charge is 2.16. The van der Waals surface area contributed by atoms with E-state index in [1.807, 2.05) is 27.7 Å². The zero-order valence-corrected chi connectivity index (χ0v) is 9.01. The van der Waals surface area contributed by atoms with Crippen molar-refractivity contribution < 1.29 is 4.79 Å². The number of nitrogens with one attached hydrogen (secondary N) is 1. The molecule has 0 spiro atoms. The van der Waals surface area contributed by atoms with Crippen LogP contribution in [-0.2, 0) is 0 Å². The van der Waals surface area contributed by atoms with E-state index in [0.717, 1.165) is 5.56 Å². The third-order valence-corrected chi connectivity index (χ3v) is 1.71. The average Bonchev–Trinajstić information content (AvgIpc) is 2.01. The van der Waals surface area contributed by atoms with Crippen LogP contribution in [0.4, 0.5) is 0 Å². The second-order valence-electron chi connectivity index (χ2n) is 4.33. The van der Waals surface area contributed by atoms with Crippen LogP contribution in [0.1, 0.15) is 36.7 Å². The van der Waals surface area contributed by atoms with Gasteiger partial charge in [0.2, 0.25) is 0 Å². The van der Waals surface area contributed by atoms with Crippen molar-refractivity contribution in [2.45, 2.75) is 33.2 Å². The number of pyridine rings is 1. The Labute approximate surface area is 84.6 Å². The van der Waals surface area contributed by atoms with Crippen molar-refractivity contribution in [2.24, 2.45) is 0 Å². The monoisotopic (exact) mass is 191 g/mol. The van der Waals surface area contributed by atoms with Crippen molar-refractivity contribution in [2.75, 3.05) is 0 Å². The fourth-order valence-electron chi connectivity index (χ4n) is 1.06. The maximum atomic E-state index is 11.7. The van der Waals surface area contributed by atoms with E-state index in [9.17, 15) is 4.79 Å². The average molecular weight is 191 g/mol. The SMILES string of the molecule is Cc1c[c]ncc1C(=O)NC(C)(C)C. The number of rotatable bonds is 1. The first-order valence-electron chi connectivity index (χ1n) is 4.55. The van der Waals surface area contributed by atoms with Crippen LogP contribution in [0.2, 0.25) is 0 Å². The molecule has 14 heavy (non-hydrogen) atoms. The standard InChI is InChI=1S/C11H15N2O/c1-8-5-6-12-7-9(8)10(14)13-11(2,3)4/h5,7H,1-4H3,(H,13,14). The molecule has 3 heteroatoms. The number of hydrogen-bond donors (Lipinski definition) is 1. The van der Waals surface area contributed by atoms with E-state index >= 15 is 0 Å². The maximum absolute atomic E-state index is 11.7. The lowest BCUT2D eigenvalue weighted by molar-refractivity contribution is 0.0918. The molecule has 3 nitrogen and oxygen atoms in total. The molecule has 0 unspecified atom stereocenters. The highest BCUT2D eigenvalue weighted by atomic mass is 16.1. The minimum atomic E-state index is -0.219. The number of nitrogens with zero attached hydrogens (tertiary/aromatic N) is 1. The van der Waals surface area contributed by atoms with Gasteiger partial charge in [-0.2, -0.15) is 0 Å². The van der Waals surface area contributed by atoms with Crippen molar-refractivity contribution in [1.29, 1.82) is 0 Å². The van der Waals surface area contributed by atoms with Gasteiger partial charge in [0, 0.05) is 11.7 Å². The zero-order chi connectivity index (χ0) is 10.8. The van der Waals surface area contributed by atoms with Crippen LogP contribution < -0.4 is 5.32 Å². The molecule has 0 bridgehead atoms. The fraction of sp³-hybridized carbons (Fsp3) is 0.455. The van der Waals surface area contributed by atoms with Gasteiger partial charge >= 0.3 is 0 Å². The molecular formula is C11H15N2O. The lowest BCUT2D eigenvalue weighted by Gasteiger charge is -2.20. The van der Waals surface area contributed by atoms with E-state index in [4.69, 9.17) is 0 Å². The van der Waals surface area contributed by atoms with E-state index in [1.165, 1.54) is 6.20 Å². The Morgan fingerprint density at radius 2 is 2.14 bits per heavy atom. The molecule has 0 aliphatic carbocycles. The smallest absolute Gasteiger partial charge is 0.253 e. The molecule has 1 rings (SSSR count). The van der Waals surface area contributed by atoms with Gasteiger partial charge in [-0.1, -0.05) is 0 Å². The van der Waals surface area contributed by atoms with Gasteiger partial charge in [0.25, 0.3) is 5.91 Å². The molecule has 0 saturated heterocycles. The normalized spacial score (nSPS) is 11.1. The predicted molar refractivity (Wildman–Crippen MR) is 55.0 cm³/mol. The van der Waals surface area contributed by atoms with Crippen LogP contribution in [0.15, 0.2) is 12.3 Å². The molecule has 0 aliphatic heterocycles. The molecule has 0 atom stereocenters. The number of aryl methyl sites for hydroxylation is 1. The van der Waals surface area contributed by atoms with Crippen molar-refractivity contribution in [1.82, 2.24) is 10.3 Å². The summed E-state index contributed by atoms with van der Waals surface area (Å²) in [6.45, 7) is 7.71. The minimum absolute atomic E-state index is 0.0866. The molecule has 75 valence electrons. The van der Waals surface area contributed by atoms with Gasteiger partial charge in [0.15, 0.2) is 0 Å². The highest BCUT2D eigenvalue weighted by molar-refractivity contribution is 5.95. The molecule has 1 radical (unpaired) electrons. The summed E-state index contributed by atoms with van der Waals surface area (Å²) in [5, 5.41) is 2.88. The van der Waals surface area contributed by atoms with Gasteiger partial charge in [-0.15, -0.1) is 0 Å². The van der Waals surface area contributed by atoms with Crippen LogP contribution in [-0.4, -0.2) is 16.4 Å². The van der Waals surface area contributed by atoms with Crippen LogP contribution >= 0.6 is 0 Å². The van der Waals surface area contributed by atoms with E-state index in [2.05, 4.69) is 16.5 Å². The van der Waals surface area contributed by atoms with Crippen molar-refractivity contribution in [3.05, 3.63) is 29.6 Å². The molecule has 1 aromatic rings. The van der Waals surface area contributed by atoms with Crippen molar-refractivity contribution in [3.8, 4) is 0 Å². The minimum Gasteiger partial charge on any atom is -0.347 e. The molecule has 0 aliphatic rings. The van der Waals surface area contributed by atoms with Crippen molar-refractivity contribution >= 4 is 5.91 Å². The first-order chi connectivity index (χ1) is 6.40. The topological polar surface area (TPSA) is 42.0 Å². The Bertz CT molecular complexity index is 339. The summed E-state index contributed by atoms with van der Waals surface area (Å²) in [4.78, 5) is 15.5. The van der Waals surface area contributed by atoms with Crippen LogP contribution in [0.3, 0.4) is 0 Å². The second-order valence-corrected chi connectivity index (χ2v) is 4.33. The third-order valence-electron chi connectivity index (χ3n) is 1.71. The number of hydrogen-bond acceptors (Lipinski definition) is 2. The van der Waals surface area contributed by atoms with Gasteiger partial charge in [0.05, 0.1) is 11.8 Å². The van der Waals surface area contributed by atoms with Gasteiger partial charge in [-0.25, -0.2) is 0 Å². The molecular weight excluding hydrogens is 176 g/mol. The summed E-state index contributed by atoms with van der Waals surface area (Å²) >= 11 is 0. The fourth-order valence-corrected chi connectivity index (χ4v) is 1.06. The Hall–Kier alpha value is -1.38. The lowest BCUT2D eigenvalue weighted by atomic mass is 10.1. The Balaban J connectivity index is 2.86. The quantitative estimate of drug-likeness (QED) is 0.734. The first-order valence-corrected chi connectivity index (χ1v) is 4.55. The van der Waals surface area contributed by atoms with Crippen molar-refractivity contribution in [3.63, 3.8) is 0 Å². The summed E-state index contributed by atoms with van der Waals surface area (Å²) in [6, 6.07) is 1.71.